The normalized spacial score (nSPS) is 9.88. The highest BCUT2D eigenvalue weighted by Gasteiger charge is 2.09. The molecule has 4 nitrogen and oxygen atoms in total. The Balaban J connectivity index is 1.60. The third-order valence-corrected chi connectivity index (χ3v) is 3.51. The molecular weight excluding hydrogens is 314 g/mol. The molecule has 0 atom stereocenters. The summed E-state index contributed by atoms with van der Waals surface area (Å²) in [5.41, 5.74) is 1.83. The Labute approximate surface area is 145 Å². The van der Waals surface area contributed by atoms with E-state index in [0.29, 0.717) is 29.2 Å². The Morgan fingerprint density at radius 3 is 2.32 bits per heavy atom. The van der Waals surface area contributed by atoms with Crippen molar-refractivity contribution in [1.29, 1.82) is 5.26 Å². The van der Waals surface area contributed by atoms with Gasteiger partial charge < -0.3 is 9.47 Å². The zero-order chi connectivity index (χ0) is 17.5. The highest BCUT2D eigenvalue weighted by Crippen LogP contribution is 2.20. The quantitative estimate of drug-likeness (QED) is 0.515. The monoisotopic (exact) mass is 329 g/mol. The first-order chi connectivity index (χ1) is 12.2. The Hall–Kier alpha value is -3.58. The second-order valence-corrected chi connectivity index (χ2v) is 5.33. The molecule has 0 aliphatic rings. The zero-order valence-corrected chi connectivity index (χ0v) is 13.4. The van der Waals surface area contributed by atoms with E-state index < -0.39 is 5.97 Å². The second-order valence-electron chi connectivity index (χ2n) is 5.33. The lowest BCUT2D eigenvalue weighted by Gasteiger charge is -2.08. The van der Waals surface area contributed by atoms with Gasteiger partial charge in [-0.3, -0.25) is 0 Å². The Morgan fingerprint density at radius 1 is 0.880 bits per heavy atom. The van der Waals surface area contributed by atoms with Gasteiger partial charge in [-0.05, 0) is 48.0 Å². The lowest BCUT2D eigenvalue weighted by Crippen LogP contribution is -2.08. The maximum Gasteiger partial charge on any atom is 0.343 e. The summed E-state index contributed by atoms with van der Waals surface area (Å²) >= 11 is 0. The molecule has 3 aromatic carbocycles. The second kappa shape index (κ2) is 7.80. The van der Waals surface area contributed by atoms with Gasteiger partial charge in [0.15, 0.2) is 0 Å². The molecule has 0 aliphatic carbocycles. The molecule has 0 aromatic heterocycles. The zero-order valence-electron chi connectivity index (χ0n) is 13.4. The number of ether oxygens (including phenoxy) is 2. The smallest absolute Gasteiger partial charge is 0.343 e. The fourth-order valence-electron chi connectivity index (χ4n) is 2.23. The highest BCUT2D eigenvalue weighted by molar-refractivity contribution is 5.91. The summed E-state index contributed by atoms with van der Waals surface area (Å²) in [4.78, 5) is 12.1. The summed E-state index contributed by atoms with van der Waals surface area (Å²) in [5, 5.41) is 8.88. The van der Waals surface area contributed by atoms with Crippen molar-refractivity contribution in [2.24, 2.45) is 0 Å². The van der Waals surface area contributed by atoms with Crippen molar-refractivity contribution in [3.63, 3.8) is 0 Å². The Kier molecular flexibility index (Phi) is 5.08. The van der Waals surface area contributed by atoms with Gasteiger partial charge in [0.1, 0.15) is 18.1 Å². The summed E-state index contributed by atoms with van der Waals surface area (Å²) in [6.45, 7) is 0.473. The van der Waals surface area contributed by atoms with Crippen molar-refractivity contribution in [3.05, 3.63) is 95.6 Å². The Bertz CT molecular complexity index is 896. The van der Waals surface area contributed by atoms with Gasteiger partial charge in [-0.15, -0.1) is 0 Å². The van der Waals surface area contributed by atoms with Crippen LogP contribution in [0.5, 0.6) is 11.5 Å². The van der Waals surface area contributed by atoms with Gasteiger partial charge >= 0.3 is 5.97 Å². The molecule has 0 heterocycles. The van der Waals surface area contributed by atoms with Gasteiger partial charge in [0.2, 0.25) is 0 Å². The number of hydrogen-bond donors (Lipinski definition) is 0. The lowest BCUT2D eigenvalue weighted by atomic mass is 10.1. The van der Waals surface area contributed by atoms with Crippen LogP contribution in [0.4, 0.5) is 0 Å². The number of nitriles is 1. The van der Waals surface area contributed by atoms with Crippen LogP contribution in [-0.4, -0.2) is 5.97 Å². The molecule has 0 aliphatic heterocycles. The van der Waals surface area contributed by atoms with Gasteiger partial charge in [0, 0.05) is 0 Å². The molecule has 3 rings (SSSR count). The van der Waals surface area contributed by atoms with Crippen LogP contribution < -0.4 is 9.47 Å². The molecule has 0 N–H and O–H groups in total. The van der Waals surface area contributed by atoms with Crippen LogP contribution in [0.2, 0.25) is 0 Å². The molecule has 3 aromatic rings. The molecule has 25 heavy (non-hydrogen) atoms. The predicted octanol–water partition coefficient (Wildman–Crippen LogP) is 4.36. The summed E-state index contributed by atoms with van der Waals surface area (Å²) in [7, 11) is 0. The topological polar surface area (TPSA) is 59.3 Å². The van der Waals surface area contributed by atoms with Crippen LogP contribution in [0.15, 0.2) is 78.9 Å². The number of esters is 1. The summed E-state index contributed by atoms with van der Waals surface area (Å²) in [6.07, 6.45) is 0. The van der Waals surface area contributed by atoms with Crippen LogP contribution in [0.1, 0.15) is 21.5 Å². The number of hydrogen-bond acceptors (Lipinski definition) is 4. The third-order valence-electron chi connectivity index (χ3n) is 3.51. The van der Waals surface area contributed by atoms with Gasteiger partial charge in [0.25, 0.3) is 0 Å². The minimum atomic E-state index is -0.505. The van der Waals surface area contributed by atoms with Crippen molar-refractivity contribution < 1.29 is 14.3 Å². The van der Waals surface area contributed by atoms with E-state index >= 15 is 0 Å². The van der Waals surface area contributed by atoms with Crippen LogP contribution in [0.3, 0.4) is 0 Å². The molecule has 0 amide bonds. The van der Waals surface area contributed by atoms with E-state index in [1.54, 1.807) is 42.5 Å². The average Bonchev–Trinajstić information content (AvgIpc) is 2.68. The number of carbonyl (C=O) groups is 1. The maximum atomic E-state index is 12.1. The first kappa shape index (κ1) is 16.3. The van der Waals surface area contributed by atoms with Gasteiger partial charge in [-0.1, -0.05) is 36.4 Å². The van der Waals surface area contributed by atoms with Crippen molar-refractivity contribution in [3.8, 4) is 17.6 Å². The minimum Gasteiger partial charge on any atom is -0.489 e. The first-order valence-corrected chi connectivity index (χ1v) is 7.74. The summed E-state index contributed by atoms with van der Waals surface area (Å²) in [6, 6.07) is 25.1. The summed E-state index contributed by atoms with van der Waals surface area (Å²) in [5.74, 6) is 0.601. The number of rotatable bonds is 5. The van der Waals surface area contributed by atoms with Crippen LogP contribution >= 0.6 is 0 Å². The van der Waals surface area contributed by atoms with Crippen LogP contribution in [-0.2, 0) is 6.61 Å². The molecule has 0 unspecified atom stereocenters. The molecule has 0 spiro atoms. The fourth-order valence-corrected chi connectivity index (χ4v) is 2.23. The maximum absolute atomic E-state index is 12.1. The number of benzene rings is 3. The molecule has 0 bridgehead atoms. The largest absolute Gasteiger partial charge is 0.489 e. The van der Waals surface area contributed by atoms with E-state index in [1.165, 1.54) is 6.07 Å². The number of carbonyl (C=O) groups excluding carboxylic acids is 1. The molecule has 0 saturated heterocycles. The SMILES string of the molecule is N#Cc1cccc(C(=O)Oc2ccc(OCc3ccccc3)cc2)c1. The van der Waals surface area contributed by atoms with Crippen LogP contribution in [0, 0.1) is 11.3 Å². The van der Waals surface area contributed by atoms with Crippen molar-refractivity contribution >= 4 is 5.97 Å². The van der Waals surface area contributed by atoms with E-state index in [1.807, 2.05) is 36.4 Å². The number of nitrogens with zero attached hydrogens (tertiary/aromatic N) is 1. The molecule has 4 heteroatoms. The van der Waals surface area contributed by atoms with E-state index in [0.717, 1.165) is 5.56 Å². The first-order valence-electron chi connectivity index (χ1n) is 7.74. The molecule has 0 radical (unpaired) electrons. The minimum absolute atomic E-state index is 0.337. The molecular formula is C21H15NO3. The van der Waals surface area contributed by atoms with Gasteiger partial charge in [-0.25, -0.2) is 4.79 Å². The fraction of sp³-hybridized carbons (Fsp3) is 0.0476. The van der Waals surface area contributed by atoms with Crippen LogP contribution in [0.25, 0.3) is 0 Å². The van der Waals surface area contributed by atoms with Crippen molar-refractivity contribution in [1.82, 2.24) is 0 Å². The average molecular weight is 329 g/mol. The van der Waals surface area contributed by atoms with Crippen molar-refractivity contribution in [2.75, 3.05) is 0 Å². The Morgan fingerprint density at radius 2 is 1.60 bits per heavy atom. The van der Waals surface area contributed by atoms with E-state index in [9.17, 15) is 4.79 Å². The van der Waals surface area contributed by atoms with Gasteiger partial charge in [-0.2, -0.15) is 5.26 Å². The predicted molar refractivity (Wildman–Crippen MR) is 93.3 cm³/mol. The highest BCUT2D eigenvalue weighted by atomic mass is 16.5. The van der Waals surface area contributed by atoms with E-state index in [-0.39, 0.29) is 0 Å². The van der Waals surface area contributed by atoms with Crippen molar-refractivity contribution in [2.45, 2.75) is 6.61 Å². The lowest BCUT2D eigenvalue weighted by molar-refractivity contribution is 0.0734. The molecule has 122 valence electrons. The molecule has 0 saturated carbocycles. The third kappa shape index (κ3) is 4.46. The van der Waals surface area contributed by atoms with E-state index in [4.69, 9.17) is 14.7 Å². The molecule has 0 fully saturated rings. The van der Waals surface area contributed by atoms with E-state index in [2.05, 4.69) is 0 Å². The van der Waals surface area contributed by atoms with Gasteiger partial charge in [0.05, 0.1) is 17.2 Å². The summed E-state index contributed by atoms with van der Waals surface area (Å²) < 4.78 is 11.0. The standard InChI is InChI=1S/C21H15NO3/c22-14-17-7-4-8-18(13-17)21(23)25-20-11-9-19(10-12-20)24-15-16-5-2-1-3-6-16/h1-13H,15H2.